The van der Waals surface area contributed by atoms with Gasteiger partial charge in [0.1, 0.15) is 0 Å². The Morgan fingerprint density at radius 2 is 1.14 bits per heavy atom. The van der Waals surface area contributed by atoms with Gasteiger partial charge >= 0.3 is 163 Å². The first-order valence-electron chi connectivity index (χ1n) is 9.39. The second-order valence-electron chi connectivity index (χ2n) is 8.07. The fourth-order valence-corrected chi connectivity index (χ4v) is 10.6. The van der Waals surface area contributed by atoms with E-state index < -0.39 is 12.2 Å². The molecule has 4 aromatic carbocycles. The summed E-state index contributed by atoms with van der Waals surface area (Å²) in [4.78, 5) is 0. The molecule has 0 N–H and O–H groups in total. The molecule has 0 amide bonds. The van der Waals surface area contributed by atoms with Crippen LogP contribution in [0, 0.1) is 11.3 Å². The predicted octanol–water partition coefficient (Wildman–Crippen LogP) is 5.41. The molecule has 4 aromatic rings. The van der Waals surface area contributed by atoms with Crippen molar-refractivity contribution in [1.29, 1.82) is 5.26 Å². The Kier molecular flexibility index (Phi) is 2.65. The van der Waals surface area contributed by atoms with Gasteiger partial charge in [-0.25, -0.2) is 0 Å². The van der Waals surface area contributed by atoms with Crippen molar-refractivity contribution in [2.45, 2.75) is 19.0 Å². The summed E-state index contributed by atoms with van der Waals surface area (Å²) in [6, 6.07) is 27.2. The summed E-state index contributed by atoms with van der Waals surface area (Å²) in [6.45, 7) is 3.92. The molecule has 4 heteroatoms. The van der Waals surface area contributed by atoms with Gasteiger partial charge in [-0.1, -0.05) is 0 Å². The zero-order chi connectivity index (χ0) is 19.2. The first kappa shape index (κ1) is 15.9. The van der Waals surface area contributed by atoms with Gasteiger partial charge in [0.25, 0.3) is 0 Å². The van der Waals surface area contributed by atoms with Gasteiger partial charge in [0, 0.05) is 0 Å². The van der Waals surface area contributed by atoms with E-state index in [2.05, 4.69) is 42.5 Å². The Morgan fingerprint density at radius 3 is 1.57 bits per heavy atom. The van der Waals surface area contributed by atoms with Crippen LogP contribution >= 0.6 is 7.06 Å². The van der Waals surface area contributed by atoms with Crippen molar-refractivity contribution < 1.29 is 9.05 Å². The van der Waals surface area contributed by atoms with Gasteiger partial charge in [-0.2, -0.15) is 0 Å². The third-order valence-corrected chi connectivity index (χ3v) is 12.1. The molecule has 136 valence electrons. The molecule has 0 unspecified atom stereocenters. The number of nitrogens with zero attached hydrogens (tertiary/aromatic N) is 1. The van der Waals surface area contributed by atoms with Crippen molar-refractivity contribution >= 4 is 39.2 Å². The van der Waals surface area contributed by atoms with Crippen molar-refractivity contribution in [1.82, 2.24) is 0 Å². The van der Waals surface area contributed by atoms with E-state index >= 15 is 0 Å². The summed E-state index contributed by atoms with van der Waals surface area (Å²) in [5.41, 5.74) is 0. The first-order chi connectivity index (χ1) is 13.5. The molecule has 2 aliphatic rings. The molecule has 0 radical (unpaired) electrons. The number of rotatable bonds is 1. The zero-order valence-corrected chi connectivity index (χ0v) is 16.5. The van der Waals surface area contributed by atoms with Gasteiger partial charge in [0.15, 0.2) is 0 Å². The van der Waals surface area contributed by atoms with Crippen LogP contribution in [0.5, 0.6) is 11.5 Å². The third-order valence-electron chi connectivity index (χ3n) is 6.40. The second-order valence-corrected chi connectivity index (χ2v) is 12.4. The molecule has 6 rings (SSSR count). The molecule has 0 aromatic heterocycles. The van der Waals surface area contributed by atoms with Gasteiger partial charge in [-0.05, 0) is 0 Å². The van der Waals surface area contributed by atoms with Crippen LogP contribution in [-0.4, -0.2) is 5.16 Å². The van der Waals surface area contributed by atoms with Gasteiger partial charge in [0.05, 0.1) is 0 Å². The van der Waals surface area contributed by atoms with E-state index in [-0.39, 0.29) is 0 Å². The maximum atomic E-state index is 10.4. The number of nitriles is 1. The topological polar surface area (TPSA) is 42.2 Å². The van der Waals surface area contributed by atoms with Crippen LogP contribution in [0.1, 0.15) is 13.8 Å². The molecular formula is C24H18NO2P. The molecular weight excluding hydrogens is 365 g/mol. The summed E-state index contributed by atoms with van der Waals surface area (Å²) in [5, 5.41) is 15.9. The van der Waals surface area contributed by atoms with E-state index in [1.54, 1.807) is 0 Å². The Labute approximate surface area is 163 Å². The number of hydrogen-bond acceptors (Lipinski definition) is 3. The zero-order valence-electron chi connectivity index (χ0n) is 15.6. The van der Waals surface area contributed by atoms with E-state index in [0.717, 1.165) is 43.7 Å². The second kappa shape index (κ2) is 4.66. The average Bonchev–Trinajstić information content (AvgIpc) is 3.19. The van der Waals surface area contributed by atoms with Crippen LogP contribution < -0.4 is 19.7 Å². The monoisotopic (exact) mass is 383 g/mol. The van der Waals surface area contributed by atoms with E-state index in [0.29, 0.717) is 0 Å². The molecule has 0 atom stereocenters. The Bertz CT molecular complexity index is 1280. The summed E-state index contributed by atoms with van der Waals surface area (Å²) in [6.07, 6.45) is 0. The molecule has 0 aliphatic carbocycles. The van der Waals surface area contributed by atoms with Crippen LogP contribution in [0.25, 0.3) is 21.5 Å². The summed E-state index contributed by atoms with van der Waals surface area (Å²) >= 11 is 0. The van der Waals surface area contributed by atoms with E-state index in [4.69, 9.17) is 9.05 Å². The molecule has 0 saturated carbocycles. The van der Waals surface area contributed by atoms with Crippen LogP contribution in [0.15, 0.2) is 72.8 Å². The Balaban J connectivity index is 1.89. The van der Waals surface area contributed by atoms with Crippen molar-refractivity contribution in [3.05, 3.63) is 72.8 Å². The molecule has 0 saturated heterocycles. The Hall–Kier alpha value is -3.08. The first-order valence-corrected chi connectivity index (χ1v) is 11.5. The molecule has 2 heterocycles. The summed E-state index contributed by atoms with van der Waals surface area (Å²) in [7, 11) is -3.84. The van der Waals surface area contributed by atoms with Crippen LogP contribution in [0.4, 0.5) is 0 Å². The van der Waals surface area contributed by atoms with E-state index in [1.165, 1.54) is 0 Å². The number of benzene rings is 4. The van der Waals surface area contributed by atoms with Crippen LogP contribution in [0.3, 0.4) is 0 Å². The fraction of sp³-hybridized carbons (Fsp3) is 0.125. The third kappa shape index (κ3) is 1.42. The van der Waals surface area contributed by atoms with Gasteiger partial charge < -0.3 is 0 Å². The van der Waals surface area contributed by atoms with Gasteiger partial charge in [-0.15, -0.1) is 0 Å². The molecule has 1 spiro atoms. The molecule has 3 nitrogen and oxygen atoms in total. The normalized spacial score (nSPS) is 19.0. The quantitative estimate of drug-likeness (QED) is 0.413. The summed E-state index contributed by atoms with van der Waals surface area (Å²) in [5.74, 6) is 1.61. The number of fused-ring (bicyclic) bond motifs is 2. The van der Waals surface area contributed by atoms with E-state index in [1.807, 2.05) is 50.2 Å². The fourth-order valence-electron chi connectivity index (χ4n) is 5.05. The van der Waals surface area contributed by atoms with Crippen molar-refractivity contribution in [2.24, 2.45) is 0 Å². The molecule has 0 fully saturated rings. The summed E-state index contributed by atoms with van der Waals surface area (Å²) < 4.78 is 13.9. The SMILES string of the molecule is CC(C)(C#N)P12(Oc3cccc4cccc1c34)Oc1cccc3cccc2c13. The maximum absolute atomic E-state index is 10.4. The van der Waals surface area contributed by atoms with Gasteiger partial charge in [-0.3, -0.25) is 0 Å². The van der Waals surface area contributed by atoms with Crippen molar-refractivity contribution in [3.63, 3.8) is 0 Å². The molecule has 2 aliphatic heterocycles. The number of hydrogen-bond donors (Lipinski definition) is 0. The minimum atomic E-state index is -3.84. The standard InChI is InChI=1S/C24H18NO2P/c1-24(2,15-25)28(20-13-5-9-16-7-3-11-18(26-28)22(16)20)21-14-6-10-17-8-4-12-19(27-28)23(17)21/h3-14H,1-2H3. The van der Waals surface area contributed by atoms with E-state index in [9.17, 15) is 5.26 Å². The van der Waals surface area contributed by atoms with Crippen molar-refractivity contribution in [2.75, 3.05) is 0 Å². The van der Waals surface area contributed by atoms with Gasteiger partial charge in [0.2, 0.25) is 0 Å². The minimum absolute atomic E-state index is 0.805. The Morgan fingerprint density at radius 1 is 0.714 bits per heavy atom. The van der Waals surface area contributed by atoms with Crippen LogP contribution in [0.2, 0.25) is 0 Å². The predicted molar refractivity (Wildman–Crippen MR) is 115 cm³/mol. The van der Waals surface area contributed by atoms with Crippen LogP contribution in [-0.2, 0) is 0 Å². The molecule has 0 bridgehead atoms. The van der Waals surface area contributed by atoms with Crippen molar-refractivity contribution in [3.8, 4) is 17.6 Å². The molecule has 28 heavy (non-hydrogen) atoms. The average molecular weight is 383 g/mol.